The lowest BCUT2D eigenvalue weighted by Crippen LogP contribution is -2.39. The molecule has 0 aliphatic heterocycles. The second-order valence-corrected chi connectivity index (χ2v) is 6.15. The molecule has 0 heterocycles. The summed E-state index contributed by atoms with van der Waals surface area (Å²) in [6.07, 6.45) is 1.30. The lowest BCUT2D eigenvalue weighted by atomic mass is 9.94. The Morgan fingerprint density at radius 1 is 1.17 bits per heavy atom. The van der Waals surface area contributed by atoms with Gasteiger partial charge < -0.3 is 10.4 Å². The Hall–Kier alpha value is -2.20. The Morgan fingerprint density at radius 2 is 1.91 bits per heavy atom. The van der Waals surface area contributed by atoms with Crippen LogP contribution in [0.3, 0.4) is 0 Å². The first-order valence-electron chi connectivity index (χ1n) is 7.86. The second kappa shape index (κ2) is 6.50. The Kier molecular flexibility index (Phi) is 4.44. The highest BCUT2D eigenvalue weighted by atomic mass is 19.1. The van der Waals surface area contributed by atoms with Crippen molar-refractivity contribution in [2.45, 2.75) is 30.8 Å². The molecule has 2 aromatic carbocycles. The van der Waals surface area contributed by atoms with Crippen LogP contribution in [0.25, 0.3) is 0 Å². The third kappa shape index (κ3) is 3.59. The van der Waals surface area contributed by atoms with Crippen molar-refractivity contribution in [1.82, 2.24) is 5.32 Å². The summed E-state index contributed by atoms with van der Waals surface area (Å²) < 4.78 is 13.4. The fourth-order valence-corrected chi connectivity index (χ4v) is 2.90. The number of amides is 1. The van der Waals surface area contributed by atoms with E-state index in [0.717, 1.165) is 18.4 Å². The molecule has 0 saturated heterocycles. The summed E-state index contributed by atoms with van der Waals surface area (Å²) in [5, 5.41) is 12.9. The van der Waals surface area contributed by atoms with Crippen LogP contribution in [0.5, 0.6) is 0 Å². The van der Waals surface area contributed by atoms with E-state index in [-0.39, 0.29) is 18.3 Å². The molecule has 1 aliphatic rings. The Labute approximate surface area is 135 Å². The summed E-state index contributed by atoms with van der Waals surface area (Å²) in [5.41, 5.74) is 1.13. The second-order valence-electron chi connectivity index (χ2n) is 6.15. The lowest BCUT2D eigenvalue weighted by molar-refractivity contribution is -0.124. The maximum atomic E-state index is 13.4. The summed E-state index contributed by atoms with van der Waals surface area (Å²) in [7, 11) is 0. The molecule has 0 radical (unpaired) electrons. The number of hydrogen-bond acceptors (Lipinski definition) is 2. The van der Waals surface area contributed by atoms with Crippen LogP contribution in [0.1, 0.15) is 24.0 Å². The van der Waals surface area contributed by atoms with Gasteiger partial charge in [0, 0.05) is 13.0 Å². The SMILES string of the molecule is O=C(NCC(O)Cc1ccccc1)C1(c2cccc(F)c2)CC1. The molecule has 23 heavy (non-hydrogen) atoms. The van der Waals surface area contributed by atoms with Crippen LogP contribution >= 0.6 is 0 Å². The number of carbonyl (C=O) groups is 1. The lowest BCUT2D eigenvalue weighted by Gasteiger charge is -2.18. The van der Waals surface area contributed by atoms with E-state index in [2.05, 4.69) is 5.32 Å². The molecule has 3 rings (SSSR count). The molecule has 1 saturated carbocycles. The maximum absolute atomic E-state index is 13.4. The smallest absolute Gasteiger partial charge is 0.230 e. The number of hydrogen-bond donors (Lipinski definition) is 2. The topological polar surface area (TPSA) is 49.3 Å². The summed E-state index contributed by atoms with van der Waals surface area (Å²) in [5.74, 6) is -0.458. The molecule has 1 aliphatic carbocycles. The van der Waals surface area contributed by atoms with E-state index in [1.807, 2.05) is 30.3 Å². The van der Waals surface area contributed by atoms with Crippen molar-refractivity contribution >= 4 is 5.91 Å². The van der Waals surface area contributed by atoms with Crippen molar-refractivity contribution in [2.24, 2.45) is 0 Å². The molecule has 0 aromatic heterocycles. The fraction of sp³-hybridized carbons (Fsp3) is 0.316. The molecule has 4 heteroatoms. The van der Waals surface area contributed by atoms with Gasteiger partial charge in [-0.2, -0.15) is 0 Å². The fourth-order valence-electron chi connectivity index (χ4n) is 2.90. The monoisotopic (exact) mass is 313 g/mol. The zero-order valence-electron chi connectivity index (χ0n) is 12.8. The van der Waals surface area contributed by atoms with E-state index < -0.39 is 11.5 Å². The maximum Gasteiger partial charge on any atom is 0.230 e. The van der Waals surface area contributed by atoms with Gasteiger partial charge in [-0.1, -0.05) is 42.5 Å². The van der Waals surface area contributed by atoms with Crippen LogP contribution in [-0.4, -0.2) is 23.7 Å². The van der Waals surface area contributed by atoms with Gasteiger partial charge in [-0.05, 0) is 36.1 Å². The number of halogens is 1. The van der Waals surface area contributed by atoms with Gasteiger partial charge in [0.1, 0.15) is 5.82 Å². The average molecular weight is 313 g/mol. The van der Waals surface area contributed by atoms with Gasteiger partial charge in [-0.3, -0.25) is 4.79 Å². The number of rotatable bonds is 6. The van der Waals surface area contributed by atoms with Crippen molar-refractivity contribution in [3.8, 4) is 0 Å². The Balaban J connectivity index is 1.57. The van der Waals surface area contributed by atoms with Crippen molar-refractivity contribution in [2.75, 3.05) is 6.54 Å². The minimum absolute atomic E-state index is 0.129. The third-order valence-electron chi connectivity index (χ3n) is 4.37. The molecule has 120 valence electrons. The van der Waals surface area contributed by atoms with Crippen LogP contribution in [0.4, 0.5) is 4.39 Å². The molecule has 2 aromatic rings. The standard InChI is InChI=1S/C19H20FNO2/c20-16-8-4-7-15(12-16)19(9-10-19)18(23)21-13-17(22)11-14-5-2-1-3-6-14/h1-8,12,17,22H,9-11,13H2,(H,21,23). The number of carbonyl (C=O) groups excluding carboxylic acids is 1. The summed E-state index contributed by atoms with van der Waals surface area (Å²) >= 11 is 0. The van der Waals surface area contributed by atoms with Gasteiger partial charge in [-0.25, -0.2) is 4.39 Å². The molecular weight excluding hydrogens is 293 g/mol. The first-order chi connectivity index (χ1) is 11.1. The van der Waals surface area contributed by atoms with Crippen molar-refractivity contribution in [1.29, 1.82) is 0 Å². The summed E-state index contributed by atoms with van der Waals surface area (Å²) in [6.45, 7) is 0.199. The van der Waals surface area contributed by atoms with Crippen molar-refractivity contribution in [3.05, 3.63) is 71.5 Å². The van der Waals surface area contributed by atoms with E-state index in [1.54, 1.807) is 12.1 Å². The number of benzene rings is 2. The number of aliphatic hydroxyl groups is 1. The van der Waals surface area contributed by atoms with Crippen LogP contribution in [0.15, 0.2) is 54.6 Å². The first-order valence-corrected chi connectivity index (χ1v) is 7.86. The molecule has 0 bridgehead atoms. The number of nitrogens with one attached hydrogen (secondary N) is 1. The predicted molar refractivity (Wildman–Crippen MR) is 86.5 cm³/mol. The minimum atomic E-state index is -0.635. The van der Waals surface area contributed by atoms with Gasteiger partial charge in [0.2, 0.25) is 5.91 Å². The zero-order valence-corrected chi connectivity index (χ0v) is 12.8. The van der Waals surface area contributed by atoms with Crippen LogP contribution in [0, 0.1) is 5.82 Å². The molecule has 3 nitrogen and oxygen atoms in total. The molecule has 1 fully saturated rings. The molecule has 2 N–H and O–H groups in total. The van der Waals surface area contributed by atoms with Gasteiger partial charge >= 0.3 is 0 Å². The van der Waals surface area contributed by atoms with E-state index in [1.165, 1.54) is 12.1 Å². The van der Waals surface area contributed by atoms with Crippen molar-refractivity contribution < 1.29 is 14.3 Å². The summed E-state index contributed by atoms with van der Waals surface area (Å²) in [6, 6.07) is 15.9. The minimum Gasteiger partial charge on any atom is -0.391 e. The quantitative estimate of drug-likeness (QED) is 0.861. The highest BCUT2D eigenvalue weighted by Gasteiger charge is 2.51. The normalized spacial score (nSPS) is 16.6. The Morgan fingerprint density at radius 3 is 2.57 bits per heavy atom. The van der Waals surface area contributed by atoms with Crippen LogP contribution in [0.2, 0.25) is 0 Å². The highest BCUT2D eigenvalue weighted by molar-refractivity contribution is 5.91. The van der Waals surface area contributed by atoms with Gasteiger partial charge in [0.25, 0.3) is 0 Å². The highest BCUT2D eigenvalue weighted by Crippen LogP contribution is 2.48. The van der Waals surface area contributed by atoms with Gasteiger partial charge in [-0.15, -0.1) is 0 Å². The third-order valence-corrected chi connectivity index (χ3v) is 4.37. The van der Waals surface area contributed by atoms with E-state index in [9.17, 15) is 14.3 Å². The number of aliphatic hydroxyl groups excluding tert-OH is 1. The van der Waals surface area contributed by atoms with E-state index in [4.69, 9.17) is 0 Å². The van der Waals surface area contributed by atoms with Crippen LogP contribution < -0.4 is 5.32 Å². The Bertz CT molecular complexity index is 683. The van der Waals surface area contributed by atoms with E-state index >= 15 is 0 Å². The van der Waals surface area contributed by atoms with Gasteiger partial charge in [0.15, 0.2) is 0 Å². The zero-order chi connectivity index (χ0) is 16.3. The summed E-state index contributed by atoms with van der Waals surface area (Å²) in [4.78, 5) is 12.5. The van der Waals surface area contributed by atoms with Crippen LogP contribution in [-0.2, 0) is 16.6 Å². The molecular formula is C19H20FNO2. The van der Waals surface area contributed by atoms with E-state index in [0.29, 0.717) is 12.0 Å². The first kappa shape index (κ1) is 15.7. The average Bonchev–Trinajstić information content (AvgIpc) is 3.35. The molecule has 1 amide bonds. The predicted octanol–water partition coefficient (Wildman–Crippen LogP) is 2.58. The molecule has 1 atom stereocenters. The van der Waals surface area contributed by atoms with Gasteiger partial charge in [0.05, 0.1) is 11.5 Å². The molecule has 1 unspecified atom stereocenters. The van der Waals surface area contributed by atoms with Crippen molar-refractivity contribution in [3.63, 3.8) is 0 Å². The largest absolute Gasteiger partial charge is 0.391 e. The molecule has 0 spiro atoms.